The van der Waals surface area contributed by atoms with E-state index < -0.39 is 16.1 Å². The molecule has 4 nitrogen and oxygen atoms in total. The standard InChI is InChI=1S/C5H13NO3S/c1-3-6-10(8,9)4-5(2)7/h5-7H,3-4H2,1-2H3. The van der Waals surface area contributed by atoms with Crippen molar-refractivity contribution in [3.8, 4) is 0 Å². The lowest BCUT2D eigenvalue weighted by Gasteiger charge is -2.04. The van der Waals surface area contributed by atoms with E-state index >= 15 is 0 Å². The molecule has 0 spiro atoms. The van der Waals surface area contributed by atoms with E-state index in [1.54, 1.807) is 6.92 Å². The fourth-order valence-electron chi connectivity index (χ4n) is 0.596. The molecule has 0 rings (SSSR count). The van der Waals surface area contributed by atoms with Gasteiger partial charge in [-0.25, -0.2) is 13.1 Å². The van der Waals surface area contributed by atoms with Gasteiger partial charge in [-0.15, -0.1) is 0 Å². The van der Waals surface area contributed by atoms with Crippen LogP contribution in [0.4, 0.5) is 0 Å². The summed E-state index contributed by atoms with van der Waals surface area (Å²) in [5.74, 6) is -0.221. The average molecular weight is 167 g/mol. The number of rotatable bonds is 4. The Morgan fingerprint density at radius 3 is 2.40 bits per heavy atom. The van der Waals surface area contributed by atoms with E-state index in [2.05, 4.69) is 4.72 Å². The second-order valence-corrected chi connectivity index (χ2v) is 3.98. The van der Waals surface area contributed by atoms with Crippen molar-refractivity contribution in [1.82, 2.24) is 4.72 Å². The normalized spacial score (nSPS) is 15.1. The van der Waals surface area contributed by atoms with Gasteiger partial charge in [0.15, 0.2) is 0 Å². The Labute approximate surface area is 61.3 Å². The Morgan fingerprint density at radius 1 is 1.60 bits per heavy atom. The van der Waals surface area contributed by atoms with Gasteiger partial charge >= 0.3 is 0 Å². The summed E-state index contributed by atoms with van der Waals surface area (Å²) in [7, 11) is -3.23. The number of sulfonamides is 1. The summed E-state index contributed by atoms with van der Waals surface area (Å²) in [6.45, 7) is 3.50. The molecule has 0 radical (unpaired) electrons. The summed E-state index contributed by atoms with van der Waals surface area (Å²) in [6.07, 6.45) is -0.802. The van der Waals surface area contributed by atoms with E-state index in [9.17, 15) is 8.42 Å². The molecule has 62 valence electrons. The summed E-state index contributed by atoms with van der Waals surface area (Å²) in [4.78, 5) is 0. The lowest BCUT2D eigenvalue weighted by atomic mass is 10.5. The third-order valence-corrected chi connectivity index (χ3v) is 2.47. The van der Waals surface area contributed by atoms with E-state index in [1.165, 1.54) is 6.92 Å². The molecule has 0 fully saturated rings. The number of hydrogen-bond donors (Lipinski definition) is 2. The summed E-state index contributed by atoms with van der Waals surface area (Å²) in [6, 6.07) is 0. The first-order chi connectivity index (χ1) is 4.48. The number of aliphatic hydroxyl groups is 1. The Bertz CT molecular complexity index is 173. The molecule has 0 aliphatic carbocycles. The van der Waals surface area contributed by atoms with Crippen molar-refractivity contribution in [3.05, 3.63) is 0 Å². The lowest BCUT2D eigenvalue weighted by Crippen LogP contribution is -2.30. The second kappa shape index (κ2) is 3.90. The van der Waals surface area contributed by atoms with E-state index in [1.807, 2.05) is 0 Å². The minimum atomic E-state index is -3.23. The molecule has 0 amide bonds. The van der Waals surface area contributed by atoms with Crippen molar-refractivity contribution in [2.24, 2.45) is 0 Å². The van der Waals surface area contributed by atoms with Crippen LogP contribution in [0.3, 0.4) is 0 Å². The maximum Gasteiger partial charge on any atom is 0.214 e. The van der Waals surface area contributed by atoms with Crippen molar-refractivity contribution in [2.75, 3.05) is 12.3 Å². The van der Waals surface area contributed by atoms with Crippen LogP contribution in [0.15, 0.2) is 0 Å². The SMILES string of the molecule is CCNS(=O)(=O)CC(C)O. The second-order valence-electron chi connectivity index (χ2n) is 2.13. The van der Waals surface area contributed by atoms with Gasteiger partial charge in [-0.2, -0.15) is 0 Å². The van der Waals surface area contributed by atoms with Crippen LogP contribution in [-0.4, -0.2) is 31.9 Å². The van der Waals surface area contributed by atoms with Crippen LogP contribution in [0, 0.1) is 0 Å². The molecule has 0 bridgehead atoms. The van der Waals surface area contributed by atoms with E-state index in [4.69, 9.17) is 5.11 Å². The van der Waals surface area contributed by atoms with Crippen LogP contribution in [0.5, 0.6) is 0 Å². The van der Waals surface area contributed by atoms with Crippen molar-refractivity contribution in [1.29, 1.82) is 0 Å². The molecule has 0 aliphatic heterocycles. The van der Waals surface area contributed by atoms with Crippen molar-refractivity contribution in [3.63, 3.8) is 0 Å². The van der Waals surface area contributed by atoms with Gasteiger partial charge < -0.3 is 5.11 Å². The van der Waals surface area contributed by atoms with Gasteiger partial charge in [0.2, 0.25) is 10.0 Å². The average Bonchev–Trinajstić information content (AvgIpc) is 1.59. The number of nitrogens with one attached hydrogen (secondary N) is 1. The molecule has 1 atom stereocenters. The van der Waals surface area contributed by atoms with Gasteiger partial charge in [-0.1, -0.05) is 6.92 Å². The zero-order valence-corrected chi connectivity index (χ0v) is 6.98. The topological polar surface area (TPSA) is 66.4 Å². The highest BCUT2D eigenvalue weighted by Gasteiger charge is 2.11. The highest BCUT2D eigenvalue weighted by molar-refractivity contribution is 7.89. The monoisotopic (exact) mass is 167 g/mol. The molecule has 0 heterocycles. The Balaban J connectivity index is 3.89. The molecule has 0 aromatic carbocycles. The molecule has 5 heteroatoms. The van der Waals surface area contributed by atoms with Gasteiger partial charge in [0.05, 0.1) is 11.9 Å². The Morgan fingerprint density at radius 2 is 2.10 bits per heavy atom. The zero-order chi connectivity index (χ0) is 8.20. The van der Waals surface area contributed by atoms with Gasteiger partial charge in [0.1, 0.15) is 0 Å². The number of aliphatic hydroxyl groups excluding tert-OH is 1. The van der Waals surface area contributed by atoms with Crippen LogP contribution in [-0.2, 0) is 10.0 Å². The van der Waals surface area contributed by atoms with Crippen molar-refractivity contribution in [2.45, 2.75) is 20.0 Å². The molecule has 0 aromatic rings. The first-order valence-corrected chi connectivity index (χ1v) is 4.78. The van der Waals surface area contributed by atoms with Crippen LogP contribution in [0.2, 0.25) is 0 Å². The van der Waals surface area contributed by atoms with Gasteiger partial charge in [-0.3, -0.25) is 0 Å². The predicted molar refractivity (Wildman–Crippen MR) is 39.1 cm³/mol. The Kier molecular flexibility index (Phi) is 3.85. The van der Waals surface area contributed by atoms with Crippen LogP contribution < -0.4 is 4.72 Å². The molecule has 0 saturated heterocycles. The van der Waals surface area contributed by atoms with Crippen LogP contribution >= 0.6 is 0 Å². The Hall–Kier alpha value is -0.130. The summed E-state index contributed by atoms with van der Waals surface area (Å²) >= 11 is 0. The van der Waals surface area contributed by atoms with Gasteiger partial charge in [-0.05, 0) is 6.92 Å². The summed E-state index contributed by atoms with van der Waals surface area (Å²) in [5, 5.41) is 8.70. The molecule has 0 aliphatic rings. The third kappa shape index (κ3) is 4.72. The fraction of sp³-hybridized carbons (Fsp3) is 1.00. The molecule has 0 aromatic heterocycles. The fourth-order valence-corrected chi connectivity index (χ4v) is 1.79. The molecule has 0 saturated carbocycles. The molecule has 1 unspecified atom stereocenters. The van der Waals surface area contributed by atoms with Gasteiger partial charge in [0, 0.05) is 6.54 Å². The van der Waals surface area contributed by atoms with Crippen molar-refractivity contribution < 1.29 is 13.5 Å². The van der Waals surface area contributed by atoms with Crippen molar-refractivity contribution >= 4 is 10.0 Å². The summed E-state index contributed by atoms with van der Waals surface area (Å²) < 4.78 is 23.8. The molecular weight excluding hydrogens is 154 g/mol. The minimum absolute atomic E-state index is 0.221. The number of hydrogen-bond acceptors (Lipinski definition) is 3. The lowest BCUT2D eigenvalue weighted by molar-refractivity contribution is 0.217. The third-order valence-electron chi connectivity index (χ3n) is 0.825. The molecular formula is C5H13NO3S. The van der Waals surface area contributed by atoms with E-state index in [-0.39, 0.29) is 5.75 Å². The maximum atomic E-state index is 10.8. The zero-order valence-electron chi connectivity index (χ0n) is 6.16. The molecule has 2 N–H and O–H groups in total. The van der Waals surface area contributed by atoms with E-state index in [0.29, 0.717) is 6.54 Å². The predicted octanol–water partition coefficient (Wildman–Crippen LogP) is -0.694. The quantitative estimate of drug-likeness (QED) is 0.582. The van der Waals surface area contributed by atoms with Crippen LogP contribution in [0.1, 0.15) is 13.8 Å². The van der Waals surface area contributed by atoms with Gasteiger partial charge in [0.25, 0.3) is 0 Å². The smallest absolute Gasteiger partial charge is 0.214 e. The first kappa shape index (κ1) is 9.87. The van der Waals surface area contributed by atoms with Crippen LogP contribution in [0.25, 0.3) is 0 Å². The summed E-state index contributed by atoms with van der Waals surface area (Å²) in [5.41, 5.74) is 0. The highest BCUT2D eigenvalue weighted by atomic mass is 32.2. The minimum Gasteiger partial charge on any atom is -0.392 e. The molecule has 10 heavy (non-hydrogen) atoms. The highest BCUT2D eigenvalue weighted by Crippen LogP contribution is 1.88. The first-order valence-electron chi connectivity index (χ1n) is 3.13. The maximum absolute atomic E-state index is 10.8. The largest absolute Gasteiger partial charge is 0.392 e. The van der Waals surface area contributed by atoms with E-state index in [0.717, 1.165) is 0 Å².